The molecule has 0 aliphatic carbocycles. The Hall–Kier alpha value is -2.17. The highest BCUT2D eigenvalue weighted by molar-refractivity contribution is 6.07. The highest BCUT2D eigenvalue weighted by atomic mass is 19.4. The summed E-state index contributed by atoms with van der Waals surface area (Å²) in [5.41, 5.74) is 0.498. The maximum absolute atomic E-state index is 12.4. The number of aromatic nitrogens is 1. The summed E-state index contributed by atoms with van der Waals surface area (Å²) in [4.78, 5) is 15.9. The predicted octanol–water partition coefficient (Wildman–Crippen LogP) is 3.64. The van der Waals surface area contributed by atoms with Crippen LogP contribution in [0.1, 0.15) is 27.2 Å². The Morgan fingerprint density at radius 1 is 1.11 bits per heavy atom. The molecule has 2 rings (SSSR count). The van der Waals surface area contributed by atoms with Gasteiger partial charge < -0.3 is 0 Å². The van der Waals surface area contributed by atoms with E-state index in [1.165, 1.54) is 6.20 Å². The van der Waals surface area contributed by atoms with Gasteiger partial charge in [-0.1, -0.05) is 12.1 Å². The van der Waals surface area contributed by atoms with E-state index >= 15 is 0 Å². The number of alkyl halides is 3. The molecule has 2 aromatic rings. The summed E-state index contributed by atoms with van der Waals surface area (Å²) in [5, 5.41) is 0. The smallest absolute Gasteiger partial charge is 0.287 e. The molecule has 1 heterocycles. The second-order valence-corrected chi connectivity index (χ2v) is 4.12. The molecular weight excluding hydrogens is 255 g/mol. The molecule has 0 aliphatic rings. The van der Waals surface area contributed by atoms with Crippen molar-refractivity contribution in [3.05, 3.63) is 65.0 Å². The fourth-order valence-corrected chi connectivity index (χ4v) is 1.62. The fraction of sp³-hybridized carbons (Fsp3) is 0.143. The lowest BCUT2D eigenvalue weighted by Crippen LogP contribution is -2.07. The van der Waals surface area contributed by atoms with E-state index < -0.39 is 17.5 Å². The van der Waals surface area contributed by atoms with Gasteiger partial charge >= 0.3 is 6.18 Å². The number of rotatable bonds is 2. The number of hydrogen-bond acceptors (Lipinski definition) is 2. The van der Waals surface area contributed by atoms with Gasteiger partial charge in [0, 0.05) is 11.8 Å². The minimum atomic E-state index is -4.40. The lowest BCUT2D eigenvalue weighted by atomic mass is 10.0. The number of carbonyl (C=O) groups excluding carboxylic acids is 1. The number of hydrogen-bond donors (Lipinski definition) is 0. The van der Waals surface area contributed by atoms with Crippen LogP contribution < -0.4 is 0 Å². The Morgan fingerprint density at radius 3 is 2.26 bits per heavy atom. The van der Waals surface area contributed by atoms with Crippen molar-refractivity contribution in [3.63, 3.8) is 0 Å². The van der Waals surface area contributed by atoms with E-state index in [0.717, 1.165) is 29.8 Å². The van der Waals surface area contributed by atoms with Crippen molar-refractivity contribution in [2.24, 2.45) is 0 Å². The Kier molecular flexibility index (Phi) is 3.38. The summed E-state index contributed by atoms with van der Waals surface area (Å²) >= 11 is 0. The van der Waals surface area contributed by atoms with Crippen molar-refractivity contribution >= 4 is 5.78 Å². The first kappa shape index (κ1) is 13.3. The molecule has 2 nitrogen and oxygen atoms in total. The third-order valence-electron chi connectivity index (χ3n) is 2.62. The molecule has 0 saturated heterocycles. The van der Waals surface area contributed by atoms with Gasteiger partial charge in [-0.2, -0.15) is 13.2 Å². The second-order valence-electron chi connectivity index (χ2n) is 4.12. The molecule has 1 aromatic heterocycles. The Morgan fingerprint density at radius 2 is 1.74 bits per heavy atom. The number of benzene rings is 1. The van der Waals surface area contributed by atoms with Gasteiger partial charge in [0.2, 0.25) is 5.78 Å². The maximum atomic E-state index is 12.4. The van der Waals surface area contributed by atoms with Crippen LogP contribution in [0.15, 0.2) is 42.6 Å². The third-order valence-corrected chi connectivity index (χ3v) is 2.62. The number of aryl methyl sites for hydroxylation is 1. The Bertz CT molecular complexity index is 603. The molecule has 1 aromatic carbocycles. The normalized spacial score (nSPS) is 11.4. The van der Waals surface area contributed by atoms with Gasteiger partial charge in [-0.15, -0.1) is 0 Å². The molecular formula is C14H10F3NO. The largest absolute Gasteiger partial charge is 0.416 e. The topological polar surface area (TPSA) is 30.0 Å². The van der Waals surface area contributed by atoms with E-state index in [0.29, 0.717) is 0 Å². The van der Waals surface area contributed by atoms with Crippen LogP contribution in [0.3, 0.4) is 0 Å². The highest BCUT2D eigenvalue weighted by Crippen LogP contribution is 2.29. The van der Waals surface area contributed by atoms with E-state index in [2.05, 4.69) is 4.98 Å². The molecule has 0 amide bonds. The number of pyridine rings is 1. The Balaban J connectivity index is 2.30. The number of halogens is 3. The van der Waals surface area contributed by atoms with Crippen molar-refractivity contribution in [2.75, 3.05) is 0 Å². The first-order valence-corrected chi connectivity index (χ1v) is 5.52. The minimum Gasteiger partial charge on any atom is -0.287 e. The van der Waals surface area contributed by atoms with Gasteiger partial charge in [-0.05, 0) is 36.8 Å². The van der Waals surface area contributed by atoms with Gasteiger partial charge in [0.05, 0.1) is 5.56 Å². The molecule has 0 N–H and O–H groups in total. The Labute approximate surface area is 107 Å². The molecule has 19 heavy (non-hydrogen) atoms. The van der Waals surface area contributed by atoms with Crippen molar-refractivity contribution in [2.45, 2.75) is 13.1 Å². The van der Waals surface area contributed by atoms with Crippen LogP contribution in [0.5, 0.6) is 0 Å². The molecule has 0 radical (unpaired) electrons. The van der Waals surface area contributed by atoms with Crippen LogP contribution in [0, 0.1) is 6.92 Å². The van der Waals surface area contributed by atoms with Crippen molar-refractivity contribution in [1.29, 1.82) is 0 Å². The van der Waals surface area contributed by atoms with E-state index in [1.54, 1.807) is 12.1 Å². The summed E-state index contributed by atoms with van der Waals surface area (Å²) in [6.45, 7) is 1.81. The van der Waals surface area contributed by atoms with Gasteiger partial charge in [0.15, 0.2) is 0 Å². The SMILES string of the molecule is Cc1ccnc(C(=O)c2ccc(C(F)(F)F)cc2)c1. The van der Waals surface area contributed by atoms with E-state index in [4.69, 9.17) is 0 Å². The van der Waals surface area contributed by atoms with Gasteiger partial charge in [0.25, 0.3) is 0 Å². The average molecular weight is 265 g/mol. The minimum absolute atomic E-state index is 0.186. The van der Waals surface area contributed by atoms with E-state index in [1.807, 2.05) is 6.92 Å². The molecule has 0 atom stereocenters. The van der Waals surface area contributed by atoms with Crippen LogP contribution >= 0.6 is 0 Å². The zero-order valence-corrected chi connectivity index (χ0v) is 10.0. The lowest BCUT2D eigenvalue weighted by molar-refractivity contribution is -0.137. The molecule has 98 valence electrons. The van der Waals surface area contributed by atoms with Crippen molar-refractivity contribution < 1.29 is 18.0 Å². The van der Waals surface area contributed by atoms with Crippen LogP contribution in [0.4, 0.5) is 13.2 Å². The highest BCUT2D eigenvalue weighted by Gasteiger charge is 2.30. The number of carbonyl (C=O) groups is 1. The standard InChI is InChI=1S/C14H10F3NO/c1-9-6-7-18-12(8-9)13(19)10-2-4-11(5-3-10)14(15,16)17/h2-8H,1H3. The molecule has 0 unspecified atom stereocenters. The molecule has 5 heteroatoms. The van der Waals surface area contributed by atoms with Crippen LogP contribution in [-0.4, -0.2) is 10.8 Å². The summed E-state index contributed by atoms with van der Waals surface area (Å²) in [5.74, 6) is -0.391. The summed E-state index contributed by atoms with van der Waals surface area (Å²) in [7, 11) is 0. The molecule has 0 bridgehead atoms. The van der Waals surface area contributed by atoms with Crippen LogP contribution in [0.25, 0.3) is 0 Å². The lowest BCUT2D eigenvalue weighted by Gasteiger charge is -2.07. The van der Waals surface area contributed by atoms with E-state index in [9.17, 15) is 18.0 Å². The quantitative estimate of drug-likeness (QED) is 0.776. The maximum Gasteiger partial charge on any atom is 0.416 e. The molecule has 0 saturated carbocycles. The first-order chi connectivity index (χ1) is 8.88. The monoisotopic (exact) mass is 265 g/mol. The van der Waals surface area contributed by atoms with Crippen molar-refractivity contribution in [1.82, 2.24) is 4.98 Å². The summed E-state index contributed by atoms with van der Waals surface area (Å²) in [6, 6.07) is 7.44. The van der Waals surface area contributed by atoms with E-state index in [-0.39, 0.29) is 11.3 Å². The van der Waals surface area contributed by atoms with Crippen molar-refractivity contribution in [3.8, 4) is 0 Å². The summed E-state index contributed by atoms with van der Waals surface area (Å²) in [6.07, 6.45) is -2.91. The fourth-order valence-electron chi connectivity index (χ4n) is 1.62. The number of ketones is 1. The number of nitrogens with zero attached hydrogens (tertiary/aromatic N) is 1. The van der Waals surface area contributed by atoms with Gasteiger partial charge in [-0.3, -0.25) is 9.78 Å². The van der Waals surface area contributed by atoms with Crippen LogP contribution in [-0.2, 0) is 6.18 Å². The predicted molar refractivity (Wildman–Crippen MR) is 63.9 cm³/mol. The molecule has 0 fully saturated rings. The third kappa shape index (κ3) is 2.99. The van der Waals surface area contributed by atoms with Gasteiger partial charge in [-0.25, -0.2) is 0 Å². The first-order valence-electron chi connectivity index (χ1n) is 5.52. The molecule has 0 aliphatic heterocycles. The zero-order chi connectivity index (χ0) is 14.0. The second kappa shape index (κ2) is 4.84. The average Bonchev–Trinajstić information content (AvgIpc) is 2.37. The molecule has 0 spiro atoms. The summed E-state index contributed by atoms with van der Waals surface area (Å²) < 4.78 is 37.2. The van der Waals surface area contributed by atoms with Crippen LogP contribution in [0.2, 0.25) is 0 Å². The van der Waals surface area contributed by atoms with Gasteiger partial charge in [0.1, 0.15) is 5.69 Å². The zero-order valence-electron chi connectivity index (χ0n) is 10.0.